The molecule has 0 atom stereocenters. The maximum atomic E-state index is 3.45. The van der Waals surface area contributed by atoms with Gasteiger partial charge in [-0.1, -0.05) is 11.6 Å². The van der Waals surface area contributed by atoms with Crippen molar-refractivity contribution in [3.8, 4) is 0 Å². The van der Waals surface area contributed by atoms with Crippen molar-refractivity contribution in [2.24, 2.45) is 0 Å². The van der Waals surface area contributed by atoms with Gasteiger partial charge in [-0.2, -0.15) is 0 Å². The molecule has 1 aliphatic rings. The fourth-order valence-corrected chi connectivity index (χ4v) is 2.99. The van der Waals surface area contributed by atoms with Crippen LogP contribution in [0.3, 0.4) is 0 Å². The Kier molecular flexibility index (Phi) is 2.08. The molecule has 1 aromatic carbocycles. The second-order valence-electron chi connectivity index (χ2n) is 4.89. The molecule has 0 fully saturated rings. The summed E-state index contributed by atoms with van der Waals surface area (Å²) in [5.41, 5.74) is 7.17. The Balaban J connectivity index is 2.44. The van der Waals surface area contributed by atoms with E-state index in [0.717, 1.165) is 19.6 Å². The van der Waals surface area contributed by atoms with Crippen molar-refractivity contribution in [2.45, 2.75) is 33.9 Å². The van der Waals surface area contributed by atoms with Gasteiger partial charge in [-0.05, 0) is 38.0 Å². The minimum atomic E-state index is 0.962. The van der Waals surface area contributed by atoms with Crippen molar-refractivity contribution in [3.63, 3.8) is 0 Å². The number of nitrogens with one attached hydrogen (secondary N) is 1. The van der Waals surface area contributed by atoms with Crippen LogP contribution in [0.4, 0.5) is 0 Å². The highest BCUT2D eigenvalue weighted by Crippen LogP contribution is 2.30. The topological polar surface area (TPSA) is 17.0 Å². The average molecular weight is 214 g/mol. The maximum Gasteiger partial charge on any atom is 0.0729 e. The highest BCUT2D eigenvalue weighted by Gasteiger charge is 2.17. The van der Waals surface area contributed by atoms with E-state index in [4.69, 9.17) is 0 Å². The smallest absolute Gasteiger partial charge is 0.0729 e. The van der Waals surface area contributed by atoms with Crippen molar-refractivity contribution in [2.75, 3.05) is 6.54 Å². The van der Waals surface area contributed by atoms with Crippen LogP contribution >= 0.6 is 0 Å². The summed E-state index contributed by atoms with van der Waals surface area (Å²) in [6.07, 6.45) is 1.15. The van der Waals surface area contributed by atoms with Crippen molar-refractivity contribution in [3.05, 3.63) is 34.5 Å². The van der Waals surface area contributed by atoms with Gasteiger partial charge in [0.15, 0.2) is 0 Å². The van der Waals surface area contributed by atoms with Crippen LogP contribution in [-0.4, -0.2) is 11.1 Å². The molecule has 1 aromatic heterocycles. The number of fused-ring (bicyclic) bond motifs is 3. The molecule has 1 N–H and O–H groups in total. The van der Waals surface area contributed by atoms with E-state index in [2.05, 4.69) is 42.8 Å². The first kappa shape index (κ1) is 9.91. The first-order chi connectivity index (χ1) is 7.68. The highest BCUT2D eigenvalue weighted by molar-refractivity contribution is 5.88. The minimum absolute atomic E-state index is 0.962. The summed E-state index contributed by atoms with van der Waals surface area (Å²) in [6.45, 7) is 8.73. The molecule has 16 heavy (non-hydrogen) atoms. The average Bonchev–Trinajstić information content (AvgIpc) is 2.54. The van der Waals surface area contributed by atoms with Crippen LogP contribution in [0.25, 0.3) is 10.9 Å². The molecule has 0 radical (unpaired) electrons. The highest BCUT2D eigenvalue weighted by atomic mass is 15.1. The fraction of sp³-hybridized carbons (Fsp3) is 0.429. The van der Waals surface area contributed by atoms with Gasteiger partial charge in [0.25, 0.3) is 0 Å². The van der Waals surface area contributed by atoms with Gasteiger partial charge >= 0.3 is 0 Å². The summed E-state index contributed by atoms with van der Waals surface area (Å²) in [4.78, 5) is 0. The monoisotopic (exact) mass is 214 g/mol. The van der Waals surface area contributed by atoms with Crippen LogP contribution in [0.2, 0.25) is 0 Å². The first-order valence-electron chi connectivity index (χ1n) is 5.98. The van der Waals surface area contributed by atoms with Gasteiger partial charge in [-0.25, -0.2) is 0 Å². The largest absolute Gasteiger partial charge is 0.331 e. The van der Waals surface area contributed by atoms with Crippen molar-refractivity contribution >= 4 is 10.9 Å². The maximum absolute atomic E-state index is 3.45. The Morgan fingerprint density at radius 2 is 2.00 bits per heavy atom. The second-order valence-corrected chi connectivity index (χ2v) is 4.89. The minimum Gasteiger partial charge on any atom is -0.331 e. The SMILES string of the molecule is Cc1cc(C)c2c(c1)c(C)c1n2CNCC1. The van der Waals surface area contributed by atoms with Crippen LogP contribution in [0.1, 0.15) is 22.4 Å². The zero-order valence-corrected chi connectivity index (χ0v) is 10.2. The Morgan fingerprint density at radius 1 is 1.19 bits per heavy atom. The number of hydrogen-bond acceptors (Lipinski definition) is 1. The molecule has 0 spiro atoms. The van der Waals surface area contributed by atoms with Crippen LogP contribution in [0.15, 0.2) is 12.1 Å². The quantitative estimate of drug-likeness (QED) is 0.713. The molecule has 1 aliphatic heterocycles. The number of rotatable bonds is 0. The van der Waals surface area contributed by atoms with Gasteiger partial charge in [0.05, 0.1) is 12.2 Å². The molecular formula is C14H18N2. The van der Waals surface area contributed by atoms with Gasteiger partial charge in [0.2, 0.25) is 0 Å². The van der Waals surface area contributed by atoms with Gasteiger partial charge in [-0.3, -0.25) is 5.32 Å². The summed E-state index contributed by atoms with van der Waals surface area (Å²) >= 11 is 0. The molecule has 0 amide bonds. The Morgan fingerprint density at radius 3 is 2.81 bits per heavy atom. The van der Waals surface area contributed by atoms with E-state index in [-0.39, 0.29) is 0 Å². The van der Waals surface area contributed by atoms with Gasteiger partial charge in [0.1, 0.15) is 0 Å². The Labute approximate surface area is 96.3 Å². The Hall–Kier alpha value is -1.28. The summed E-state index contributed by atoms with van der Waals surface area (Å²) < 4.78 is 2.45. The number of hydrogen-bond donors (Lipinski definition) is 1. The lowest BCUT2D eigenvalue weighted by Crippen LogP contribution is -2.28. The van der Waals surface area contributed by atoms with Gasteiger partial charge < -0.3 is 4.57 Å². The summed E-state index contributed by atoms with van der Waals surface area (Å²) in [5, 5.41) is 4.89. The van der Waals surface area contributed by atoms with Crippen LogP contribution < -0.4 is 5.32 Å². The fourth-order valence-electron chi connectivity index (χ4n) is 2.99. The van der Waals surface area contributed by atoms with Gasteiger partial charge in [0, 0.05) is 24.0 Å². The number of benzene rings is 1. The third-order valence-corrected chi connectivity index (χ3v) is 3.69. The molecule has 2 heteroatoms. The molecule has 0 unspecified atom stereocenters. The summed E-state index contributed by atoms with van der Waals surface area (Å²) in [5.74, 6) is 0. The lowest BCUT2D eigenvalue weighted by Gasteiger charge is -2.18. The third-order valence-electron chi connectivity index (χ3n) is 3.69. The van der Waals surface area contributed by atoms with Crippen LogP contribution in [0, 0.1) is 20.8 Å². The first-order valence-corrected chi connectivity index (χ1v) is 5.98. The van der Waals surface area contributed by atoms with Crippen LogP contribution in [0.5, 0.6) is 0 Å². The Bertz CT molecular complexity index is 564. The molecule has 0 saturated heterocycles. The number of aromatic nitrogens is 1. The zero-order valence-electron chi connectivity index (χ0n) is 10.2. The molecule has 0 aliphatic carbocycles. The predicted molar refractivity (Wildman–Crippen MR) is 67.9 cm³/mol. The van der Waals surface area contributed by atoms with E-state index >= 15 is 0 Å². The molecule has 0 saturated carbocycles. The second kappa shape index (κ2) is 3.36. The van der Waals surface area contributed by atoms with E-state index in [0.29, 0.717) is 0 Å². The third kappa shape index (κ3) is 1.23. The number of nitrogens with zero attached hydrogens (tertiary/aromatic N) is 1. The lowest BCUT2D eigenvalue weighted by atomic mass is 10.1. The van der Waals surface area contributed by atoms with Crippen molar-refractivity contribution in [1.29, 1.82) is 0 Å². The normalized spacial score (nSPS) is 15.4. The molecule has 0 bridgehead atoms. The number of aryl methyl sites for hydroxylation is 3. The molecule has 3 rings (SSSR count). The molecular weight excluding hydrogens is 196 g/mol. The van der Waals surface area contributed by atoms with E-state index in [1.54, 1.807) is 0 Å². The zero-order chi connectivity index (χ0) is 11.3. The molecule has 2 heterocycles. The van der Waals surface area contributed by atoms with E-state index in [1.165, 1.54) is 33.3 Å². The summed E-state index contributed by atoms with van der Waals surface area (Å²) in [6, 6.07) is 4.60. The van der Waals surface area contributed by atoms with E-state index in [9.17, 15) is 0 Å². The molecule has 84 valence electrons. The van der Waals surface area contributed by atoms with E-state index in [1.807, 2.05) is 0 Å². The molecule has 2 nitrogen and oxygen atoms in total. The molecule has 2 aromatic rings. The van der Waals surface area contributed by atoms with Crippen molar-refractivity contribution in [1.82, 2.24) is 9.88 Å². The standard InChI is InChI=1S/C14H18N2/c1-9-6-10(2)14-12(7-9)11(3)13-4-5-15-8-16(13)14/h6-7,15H,4-5,8H2,1-3H3. The lowest BCUT2D eigenvalue weighted by molar-refractivity contribution is 0.504. The van der Waals surface area contributed by atoms with Crippen LogP contribution in [-0.2, 0) is 13.1 Å². The van der Waals surface area contributed by atoms with Crippen molar-refractivity contribution < 1.29 is 0 Å². The summed E-state index contributed by atoms with van der Waals surface area (Å²) in [7, 11) is 0. The van der Waals surface area contributed by atoms with E-state index < -0.39 is 0 Å². The predicted octanol–water partition coefficient (Wildman–Crippen LogP) is 2.67. The van der Waals surface area contributed by atoms with Gasteiger partial charge in [-0.15, -0.1) is 0 Å².